The second-order valence-corrected chi connectivity index (χ2v) is 4.43. The maximum absolute atomic E-state index is 11.2. The van der Waals surface area contributed by atoms with E-state index in [1.54, 1.807) is 48.5 Å². The third-order valence-corrected chi connectivity index (χ3v) is 2.82. The van der Waals surface area contributed by atoms with Gasteiger partial charge in [-0.15, -0.1) is 0 Å². The molecule has 0 unspecified atom stereocenters. The number of halogens is 2. The molecule has 5 heteroatoms. The maximum Gasteiger partial charge on any atom is 0.146 e. The number of carbonyl (C=O) groups excluding carboxylic acids is 1. The molecule has 0 spiro atoms. The Morgan fingerprint density at radius 3 is 2.17 bits per heavy atom. The van der Waals surface area contributed by atoms with Gasteiger partial charge in [0, 0.05) is 21.4 Å². The Balaban J connectivity index is 2.46. The van der Waals surface area contributed by atoms with E-state index >= 15 is 0 Å². The first kappa shape index (κ1) is 12.7. The number of hydrogen-bond acceptors (Lipinski definition) is 2. The number of hydrogen-bond donors (Lipinski definition) is 0. The van der Waals surface area contributed by atoms with Gasteiger partial charge in [0.15, 0.2) is 0 Å². The summed E-state index contributed by atoms with van der Waals surface area (Å²) in [6.45, 7) is 0. The van der Waals surface area contributed by atoms with Gasteiger partial charge in [0.05, 0.1) is 0 Å². The minimum absolute atomic E-state index is 0.421. The molecule has 0 atom stereocenters. The highest BCUT2D eigenvalue weighted by atomic mass is 35.5. The first-order chi connectivity index (χ1) is 8.58. The fourth-order valence-electron chi connectivity index (χ4n) is 1.57. The van der Waals surface area contributed by atoms with Crippen LogP contribution >= 0.6 is 23.2 Å². The first-order valence-corrected chi connectivity index (χ1v) is 5.86. The Bertz CT molecular complexity index is 569. The molecule has 0 saturated heterocycles. The van der Waals surface area contributed by atoms with E-state index in [9.17, 15) is 9.90 Å². The third kappa shape index (κ3) is 2.75. The lowest BCUT2D eigenvalue weighted by Crippen LogP contribution is -2.37. The maximum atomic E-state index is 11.2. The molecule has 0 fully saturated rings. The lowest BCUT2D eigenvalue weighted by molar-refractivity contribution is -0.245. The summed E-state index contributed by atoms with van der Waals surface area (Å²) in [6, 6.07) is 12.9. The van der Waals surface area contributed by atoms with Crippen LogP contribution in [0.2, 0.25) is 10.0 Å². The summed E-state index contributed by atoms with van der Waals surface area (Å²) in [7, 11) is 0. The summed E-state index contributed by atoms with van der Waals surface area (Å²) in [5.41, 5.74) is 0.867. The van der Waals surface area contributed by atoms with E-state index in [1.807, 2.05) is 0 Å². The van der Waals surface area contributed by atoms with Crippen molar-refractivity contribution in [3.05, 3.63) is 58.6 Å². The smallest absolute Gasteiger partial charge is 0.146 e. The molecule has 2 aromatic rings. The van der Waals surface area contributed by atoms with Crippen molar-refractivity contribution in [2.75, 3.05) is 4.90 Å². The Kier molecular flexibility index (Phi) is 3.75. The molecule has 92 valence electrons. The number of anilines is 2. The van der Waals surface area contributed by atoms with Crippen LogP contribution in [0.3, 0.4) is 0 Å². The standard InChI is InChI=1S/C13H9Cl2NO2/c14-9-4-6-11(7-5-9)16(13(17)18)12-3-1-2-10(15)8-12/h1-8H,(H,17,18)/p-1. The van der Waals surface area contributed by atoms with E-state index < -0.39 is 6.09 Å². The first-order valence-electron chi connectivity index (χ1n) is 5.10. The van der Waals surface area contributed by atoms with Crippen LogP contribution in [0, 0.1) is 0 Å². The highest BCUT2D eigenvalue weighted by molar-refractivity contribution is 6.31. The van der Waals surface area contributed by atoms with Crippen molar-refractivity contribution in [1.82, 2.24) is 0 Å². The molecule has 2 rings (SSSR count). The minimum atomic E-state index is -1.33. The minimum Gasteiger partial charge on any atom is -0.529 e. The lowest BCUT2D eigenvalue weighted by Gasteiger charge is -2.25. The van der Waals surface area contributed by atoms with Gasteiger partial charge in [0.25, 0.3) is 0 Å². The monoisotopic (exact) mass is 280 g/mol. The van der Waals surface area contributed by atoms with E-state index in [1.165, 1.54) is 0 Å². The van der Waals surface area contributed by atoms with Crippen LogP contribution in [0.1, 0.15) is 0 Å². The second kappa shape index (κ2) is 5.29. The van der Waals surface area contributed by atoms with Crippen LogP contribution in [0.4, 0.5) is 16.2 Å². The average molecular weight is 281 g/mol. The quantitative estimate of drug-likeness (QED) is 0.845. The zero-order valence-corrected chi connectivity index (χ0v) is 10.7. The van der Waals surface area contributed by atoms with E-state index in [0.29, 0.717) is 21.4 Å². The normalized spacial score (nSPS) is 10.1. The molecule has 0 N–H and O–H groups in total. The van der Waals surface area contributed by atoms with Crippen LogP contribution in [0.15, 0.2) is 48.5 Å². The predicted molar refractivity (Wildman–Crippen MR) is 70.4 cm³/mol. The largest absolute Gasteiger partial charge is 0.529 e. The van der Waals surface area contributed by atoms with Crippen molar-refractivity contribution in [3.63, 3.8) is 0 Å². The zero-order chi connectivity index (χ0) is 13.1. The predicted octanol–water partition coefficient (Wildman–Crippen LogP) is 3.47. The molecule has 0 bridgehead atoms. The number of rotatable bonds is 2. The molecule has 2 aromatic carbocycles. The van der Waals surface area contributed by atoms with Gasteiger partial charge in [0.2, 0.25) is 0 Å². The highest BCUT2D eigenvalue weighted by Gasteiger charge is 2.10. The fraction of sp³-hybridized carbons (Fsp3) is 0. The van der Waals surface area contributed by atoms with Crippen molar-refractivity contribution in [1.29, 1.82) is 0 Å². The van der Waals surface area contributed by atoms with Gasteiger partial charge in [-0.2, -0.15) is 0 Å². The van der Waals surface area contributed by atoms with Gasteiger partial charge in [-0.1, -0.05) is 29.3 Å². The van der Waals surface area contributed by atoms with Crippen LogP contribution in [0.25, 0.3) is 0 Å². The molecule has 0 saturated carbocycles. The van der Waals surface area contributed by atoms with Crippen molar-refractivity contribution in [2.45, 2.75) is 0 Å². The Morgan fingerprint density at radius 2 is 1.61 bits per heavy atom. The van der Waals surface area contributed by atoms with E-state index in [-0.39, 0.29) is 0 Å². The van der Waals surface area contributed by atoms with Crippen LogP contribution in [0.5, 0.6) is 0 Å². The van der Waals surface area contributed by atoms with Gasteiger partial charge in [0.1, 0.15) is 6.09 Å². The number of carboxylic acid groups (broad SMARTS) is 1. The molecular weight excluding hydrogens is 273 g/mol. The lowest BCUT2D eigenvalue weighted by atomic mass is 10.2. The Labute approximate surface area is 114 Å². The molecule has 0 aromatic heterocycles. The zero-order valence-electron chi connectivity index (χ0n) is 9.14. The van der Waals surface area contributed by atoms with Crippen molar-refractivity contribution in [2.24, 2.45) is 0 Å². The van der Waals surface area contributed by atoms with Crippen LogP contribution in [-0.4, -0.2) is 6.09 Å². The summed E-state index contributed by atoms with van der Waals surface area (Å²) in [4.78, 5) is 12.3. The van der Waals surface area contributed by atoms with E-state index in [2.05, 4.69) is 0 Å². The van der Waals surface area contributed by atoms with Gasteiger partial charge >= 0.3 is 0 Å². The Morgan fingerprint density at radius 1 is 0.944 bits per heavy atom. The van der Waals surface area contributed by atoms with Gasteiger partial charge < -0.3 is 9.90 Å². The molecule has 3 nitrogen and oxygen atoms in total. The van der Waals surface area contributed by atoms with Gasteiger partial charge in [-0.3, -0.25) is 4.90 Å². The molecule has 0 aliphatic carbocycles. The Hall–Kier alpha value is -1.71. The van der Waals surface area contributed by atoms with E-state index in [0.717, 1.165) is 4.90 Å². The van der Waals surface area contributed by atoms with Crippen LogP contribution < -0.4 is 10.0 Å². The molecule has 0 aliphatic heterocycles. The number of benzene rings is 2. The second-order valence-electron chi connectivity index (χ2n) is 3.56. The summed E-state index contributed by atoms with van der Waals surface area (Å²) in [5.74, 6) is 0. The summed E-state index contributed by atoms with van der Waals surface area (Å²) in [5, 5.41) is 12.2. The molecular formula is C13H8Cl2NO2-. The molecule has 18 heavy (non-hydrogen) atoms. The van der Waals surface area contributed by atoms with Gasteiger partial charge in [-0.25, -0.2) is 0 Å². The molecule has 0 heterocycles. The van der Waals surface area contributed by atoms with Crippen molar-refractivity contribution >= 4 is 40.7 Å². The third-order valence-electron chi connectivity index (χ3n) is 2.33. The summed E-state index contributed by atoms with van der Waals surface area (Å²) < 4.78 is 0. The fourth-order valence-corrected chi connectivity index (χ4v) is 1.88. The summed E-state index contributed by atoms with van der Waals surface area (Å²) in [6.07, 6.45) is -1.33. The summed E-state index contributed by atoms with van der Waals surface area (Å²) >= 11 is 11.6. The topological polar surface area (TPSA) is 43.4 Å². The number of nitrogens with zero attached hydrogens (tertiary/aromatic N) is 1. The number of amides is 1. The van der Waals surface area contributed by atoms with Crippen LogP contribution in [-0.2, 0) is 0 Å². The molecule has 0 aliphatic rings. The van der Waals surface area contributed by atoms with Crippen molar-refractivity contribution in [3.8, 4) is 0 Å². The SMILES string of the molecule is O=C([O-])N(c1ccc(Cl)cc1)c1cccc(Cl)c1. The molecule has 1 amide bonds. The van der Waals surface area contributed by atoms with E-state index in [4.69, 9.17) is 23.2 Å². The van der Waals surface area contributed by atoms with Crippen molar-refractivity contribution < 1.29 is 9.90 Å². The highest BCUT2D eigenvalue weighted by Crippen LogP contribution is 2.28. The van der Waals surface area contributed by atoms with Gasteiger partial charge in [-0.05, 0) is 42.5 Å². The average Bonchev–Trinajstić information content (AvgIpc) is 2.32. The number of carbonyl (C=O) groups is 1. The molecule has 0 radical (unpaired) electrons.